The Bertz CT molecular complexity index is 1180. The summed E-state index contributed by atoms with van der Waals surface area (Å²) in [6.07, 6.45) is 5.20. The molecule has 11 heteroatoms. The average molecular weight is 597 g/mol. The Morgan fingerprint density at radius 3 is 2.37 bits per heavy atom. The van der Waals surface area contributed by atoms with Crippen molar-refractivity contribution in [3.05, 3.63) is 0 Å². The van der Waals surface area contributed by atoms with Crippen molar-refractivity contribution >= 4 is 39.4 Å². The van der Waals surface area contributed by atoms with Gasteiger partial charge in [-0.25, -0.2) is 0 Å². The van der Waals surface area contributed by atoms with Gasteiger partial charge in [-0.3, -0.25) is 28.5 Å². The van der Waals surface area contributed by atoms with Crippen LogP contribution in [0.15, 0.2) is 0 Å². The van der Waals surface area contributed by atoms with Gasteiger partial charge in [0.15, 0.2) is 0 Å². The number of carbonyl (C=O) groups is 5. The summed E-state index contributed by atoms with van der Waals surface area (Å²) in [5.74, 6) is -0.896. The summed E-state index contributed by atoms with van der Waals surface area (Å²) in [5, 5.41) is 0. The Balaban J connectivity index is 1.27. The number of Topliss-reactive ketones (excluding diaryl/α,β-unsaturated/α-hetero) is 3. The van der Waals surface area contributed by atoms with Gasteiger partial charge in [0.25, 0.3) is 10.1 Å². The van der Waals surface area contributed by atoms with Crippen molar-refractivity contribution in [1.82, 2.24) is 0 Å². The molecule has 0 aromatic heterocycles. The Kier molecular flexibility index (Phi) is 9.48. The summed E-state index contributed by atoms with van der Waals surface area (Å²) in [4.78, 5) is 63.6. The van der Waals surface area contributed by atoms with E-state index in [1.165, 1.54) is 0 Å². The van der Waals surface area contributed by atoms with Crippen LogP contribution in [0.2, 0.25) is 0 Å². The number of esters is 2. The van der Waals surface area contributed by atoms with E-state index in [2.05, 4.69) is 13.8 Å². The van der Waals surface area contributed by atoms with Crippen LogP contribution in [0.5, 0.6) is 0 Å². The predicted octanol–water partition coefficient (Wildman–Crippen LogP) is 3.74. The first-order valence-corrected chi connectivity index (χ1v) is 16.6. The molecule has 8 atom stereocenters. The summed E-state index contributed by atoms with van der Waals surface area (Å²) >= 11 is 0. The van der Waals surface area contributed by atoms with E-state index in [1.54, 1.807) is 0 Å². The van der Waals surface area contributed by atoms with Gasteiger partial charge in [-0.1, -0.05) is 20.8 Å². The highest BCUT2D eigenvalue weighted by atomic mass is 32.2. The topological polar surface area (TPSA) is 158 Å². The van der Waals surface area contributed by atoms with Crippen LogP contribution in [0.1, 0.15) is 91.4 Å². The molecule has 0 heterocycles. The van der Waals surface area contributed by atoms with Crippen molar-refractivity contribution in [3.8, 4) is 0 Å². The maximum atomic E-state index is 13.9. The zero-order valence-electron chi connectivity index (χ0n) is 24.4. The van der Waals surface area contributed by atoms with Crippen LogP contribution in [-0.2, 0) is 43.6 Å². The van der Waals surface area contributed by atoms with E-state index in [0.29, 0.717) is 32.1 Å². The van der Waals surface area contributed by atoms with Gasteiger partial charge in [0.2, 0.25) is 0 Å². The molecule has 41 heavy (non-hydrogen) atoms. The van der Waals surface area contributed by atoms with Crippen LogP contribution >= 0.6 is 0 Å². The number of ether oxygens (including phenoxy) is 2. The van der Waals surface area contributed by atoms with Crippen LogP contribution < -0.4 is 0 Å². The maximum absolute atomic E-state index is 13.9. The monoisotopic (exact) mass is 596 g/mol. The van der Waals surface area contributed by atoms with Crippen molar-refractivity contribution in [1.29, 1.82) is 0 Å². The molecular weight excluding hydrogens is 552 g/mol. The van der Waals surface area contributed by atoms with E-state index >= 15 is 0 Å². The molecular formula is C30H44O10S. The maximum Gasteiger partial charge on any atom is 0.305 e. The fourth-order valence-corrected chi connectivity index (χ4v) is 9.04. The molecule has 4 fully saturated rings. The van der Waals surface area contributed by atoms with Gasteiger partial charge in [-0.05, 0) is 67.1 Å². The number of carbonyl (C=O) groups excluding carboxylic acids is 5. The van der Waals surface area contributed by atoms with Crippen LogP contribution in [0.25, 0.3) is 0 Å². The van der Waals surface area contributed by atoms with Crippen molar-refractivity contribution in [2.24, 2.45) is 46.3 Å². The molecule has 1 N–H and O–H groups in total. The quantitative estimate of drug-likeness (QED) is 0.212. The van der Waals surface area contributed by atoms with Gasteiger partial charge in [0.1, 0.15) is 29.7 Å². The molecule has 4 rings (SSSR count). The van der Waals surface area contributed by atoms with E-state index < -0.39 is 33.9 Å². The molecule has 0 radical (unpaired) electrons. The molecule has 0 aromatic carbocycles. The third-order valence-corrected chi connectivity index (χ3v) is 11.8. The number of fused-ring (bicyclic) bond motifs is 5. The SMILES string of the molecule is C[C@H](CCC(=O)OCCCC(=O)OCCS(=O)(=O)O)[C@H]1CC[C@H]2[C@@H]3C(=O)C[C@@H]4CC(=O)CC[C@]4(C)[C@H]3CC(=O)[C@]12C. The van der Waals surface area contributed by atoms with Crippen molar-refractivity contribution in [2.75, 3.05) is 19.0 Å². The second-order valence-electron chi connectivity index (χ2n) is 13.3. The van der Waals surface area contributed by atoms with Crippen LogP contribution in [0.4, 0.5) is 0 Å². The van der Waals surface area contributed by atoms with E-state index in [0.717, 1.165) is 19.3 Å². The molecule has 0 aliphatic heterocycles. The lowest BCUT2D eigenvalue weighted by atomic mass is 9.44. The Morgan fingerprint density at radius 1 is 0.976 bits per heavy atom. The van der Waals surface area contributed by atoms with Crippen molar-refractivity contribution in [2.45, 2.75) is 91.4 Å². The lowest BCUT2D eigenvalue weighted by molar-refractivity contribution is -0.166. The highest BCUT2D eigenvalue weighted by Crippen LogP contribution is 2.66. The fourth-order valence-electron chi connectivity index (χ4n) is 8.74. The van der Waals surface area contributed by atoms with Crippen molar-refractivity contribution in [3.63, 3.8) is 0 Å². The molecule has 4 saturated carbocycles. The summed E-state index contributed by atoms with van der Waals surface area (Å²) < 4.78 is 39.9. The van der Waals surface area contributed by atoms with E-state index in [9.17, 15) is 32.4 Å². The molecule has 0 bridgehead atoms. The van der Waals surface area contributed by atoms with Crippen molar-refractivity contribution < 1.29 is 46.4 Å². The zero-order chi connectivity index (χ0) is 30.2. The summed E-state index contributed by atoms with van der Waals surface area (Å²) in [6.45, 7) is 5.91. The smallest absolute Gasteiger partial charge is 0.305 e. The van der Waals surface area contributed by atoms with Gasteiger partial charge in [0, 0.05) is 49.9 Å². The lowest BCUT2D eigenvalue weighted by Gasteiger charge is -2.58. The van der Waals surface area contributed by atoms with Gasteiger partial charge in [-0.15, -0.1) is 0 Å². The van der Waals surface area contributed by atoms with Gasteiger partial charge < -0.3 is 9.47 Å². The van der Waals surface area contributed by atoms with Gasteiger partial charge in [-0.2, -0.15) is 8.42 Å². The molecule has 0 aromatic rings. The number of ketones is 3. The standard InChI is InChI=1S/C30H44O10S/c1-18(6-9-27(35)39-12-4-5-26(34)40-13-14-41(36,37)38)21-7-8-22-28-23(17-25(33)30(21,22)3)29(2)11-10-20(31)15-19(29)16-24(28)32/h18-19,21-23,28H,4-17H2,1-3H3,(H,36,37,38)/t18-,19+,21-,22+,23+,28+,29+,30-/m1/s1. The van der Waals surface area contributed by atoms with Gasteiger partial charge >= 0.3 is 11.9 Å². The third-order valence-electron chi connectivity index (χ3n) is 11.1. The summed E-state index contributed by atoms with van der Waals surface area (Å²) in [5.41, 5.74) is -0.739. The number of rotatable bonds is 11. The minimum Gasteiger partial charge on any atom is -0.466 e. The molecule has 4 aliphatic rings. The van der Waals surface area contributed by atoms with E-state index in [-0.39, 0.29) is 90.1 Å². The molecule has 0 saturated heterocycles. The zero-order valence-corrected chi connectivity index (χ0v) is 25.2. The van der Waals surface area contributed by atoms with E-state index in [4.69, 9.17) is 14.0 Å². The number of hydrogen-bond acceptors (Lipinski definition) is 9. The lowest BCUT2D eigenvalue weighted by Crippen LogP contribution is -2.60. The Morgan fingerprint density at radius 2 is 1.66 bits per heavy atom. The highest BCUT2D eigenvalue weighted by Gasteiger charge is 2.66. The first-order chi connectivity index (χ1) is 19.2. The fraction of sp³-hybridized carbons (Fsp3) is 0.833. The molecule has 230 valence electrons. The first-order valence-electron chi connectivity index (χ1n) is 15.0. The van der Waals surface area contributed by atoms with E-state index in [1.807, 2.05) is 6.92 Å². The molecule has 0 amide bonds. The van der Waals surface area contributed by atoms with Gasteiger partial charge in [0.05, 0.1) is 6.61 Å². The largest absolute Gasteiger partial charge is 0.466 e. The predicted molar refractivity (Wildman–Crippen MR) is 147 cm³/mol. The summed E-state index contributed by atoms with van der Waals surface area (Å²) in [7, 11) is -4.20. The third kappa shape index (κ3) is 6.60. The first kappa shape index (κ1) is 31.8. The Labute approximate surface area is 242 Å². The molecule has 4 aliphatic carbocycles. The second-order valence-corrected chi connectivity index (χ2v) is 14.9. The van der Waals surface area contributed by atoms with Crippen LogP contribution in [-0.4, -0.2) is 61.2 Å². The molecule has 10 nitrogen and oxygen atoms in total. The van der Waals surface area contributed by atoms with Crippen LogP contribution in [0, 0.1) is 46.3 Å². The second kappa shape index (κ2) is 12.2. The minimum atomic E-state index is -4.20. The number of hydrogen-bond donors (Lipinski definition) is 1. The molecule has 0 spiro atoms. The average Bonchev–Trinajstić information content (AvgIpc) is 3.24. The molecule has 0 unspecified atom stereocenters. The Hall–Kier alpha value is -2.14. The van der Waals surface area contributed by atoms with Crippen LogP contribution in [0.3, 0.4) is 0 Å². The summed E-state index contributed by atoms with van der Waals surface area (Å²) in [6, 6.07) is 0. The normalized spacial score (nSPS) is 35.7. The minimum absolute atomic E-state index is 0.00768. The highest BCUT2D eigenvalue weighted by molar-refractivity contribution is 7.85.